The Morgan fingerprint density at radius 1 is 1.06 bits per heavy atom. The predicted molar refractivity (Wildman–Crippen MR) is 50.4 cm³/mol. The maximum absolute atomic E-state index is 10.7. The largest absolute Gasteiger partial charge is 0.545 e. The molecule has 2 aromatic rings. The Hall–Kier alpha value is -2.43. The molecule has 0 saturated heterocycles. The van der Waals surface area contributed by atoms with Crippen molar-refractivity contribution in [3.05, 3.63) is 41.6 Å². The van der Waals surface area contributed by atoms with Gasteiger partial charge in [0.1, 0.15) is 0 Å². The SMILES string of the molecule is O=C([O-])c1cc2cccnc2cc1C(=O)[O-]. The van der Waals surface area contributed by atoms with Gasteiger partial charge in [-0.05, 0) is 18.2 Å². The van der Waals surface area contributed by atoms with E-state index in [1.54, 1.807) is 12.1 Å². The van der Waals surface area contributed by atoms with E-state index in [9.17, 15) is 19.8 Å². The van der Waals surface area contributed by atoms with Crippen LogP contribution in [0, 0.1) is 0 Å². The number of aromatic carboxylic acids is 2. The number of nitrogens with zero attached hydrogens (tertiary/aromatic N) is 1. The van der Waals surface area contributed by atoms with Crippen molar-refractivity contribution in [2.45, 2.75) is 0 Å². The van der Waals surface area contributed by atoms with E-state index in [2.05, 4.69) is 4.98 Å². The molecule has 0 fully saturated rings. The molecule has 5 nitrogen and oxygen atoms in total. The normalized spacial score (nSPS) is 10.2. The van der Waals surface area contributed by atoms with Crippen LogP contribution in [-0.4, -0.2) is 16.9 Å². The van der Waals surface area contributed by atoms with Gasteiger partial charge in [0.15, 0.2) is 0 Å². The van der Waals surface area contributed by atoms with E-state index in [-0.39, 0.29) is 0 Å². The number of fused-ring (bicyclic) bond motifs is 1. The fourth-order valence-electron chi connectivity index (χ4n) is 1.46. The molecular weight excluding hydrogens is 210 g/mol. The van der Waals surface area contributed by atoms with Gasteiger partial charge in [-0.2, -0.15) is 0 Å². The Morgan fingerprint density at radius 3 is 2.31 bits per heavy atom. The van der Waals surface area contributed by atoms with Gasteiger partial charge in [0.2, 0.25) is 0 Å². The summed E-state index contributed by atoms with van der Waals surface area (Å²) in [5.41, 5.74) is -0.432. The van der Waals surface area contributed by atoms with E-state index >= 15 is 0 Å². The van der Waals surface area contributed by atoms with Crippen molar-refractivity contribution in [3.8, 4) is 0 Å². The zero-order valence-corrected chi connectivity index (χ0v) is 7.97. The van der Waals surface area contributed by atoms with Crippen LogP contribution in [0.15, 0.2) is 30.5 Å². The number of rotatable bonds is 2. The smallest absolute Gasteiger partial charge is 0.0722 e. The second-order valence-corrected chi connectivity index (χ2v) is 3.17. The summed E-state index contributed by atoms with van der Waals surface area (Å²) >= 11 is 0. The molecule has 0 amide bonds. The molecule has 5 heteroatoms. The van der Waals surface area contributed by atoms with Crippen LogP contribution in [0.4, 0.5) is 0 Å². The number of carbonyl (C=O) groups excluding carboxylic acids is 2. The number of carboxylic acid groups (broad SMARTS) is 2. The van der Waals surface area contributed by atoms with Gasteiger partial charge in [0, 0.05) is 22.7 Å². The summed E-state index contributed by atoms with van der Waals surface area (Å²) in [7, 11) is 0. The first kappa shape index (κ1) is 10.1. The fourth-order valence-corrected chi connectivity index (χ4v) is 1.46. The zero-order valence-electron chi connectivity index (χ0n) is 7.97. The first-order chi connectivity index (χ1) is 7.59. The molecule has 0 spiro atoms. The molecule has 0 unspecified atom stereocenters. The van der Waals surface area contributed by atoms with Gasteiger partial charge < -0.3 is 19.8 Å². The fraction of sp³-hybridized carbons (Fsp3) is 0. The molecule has 1 aromatic heterocycles. The predicted octanol–water partition coefficient (Wildman–Crippen LogP) is -1.04. The quantitative estimate of drug-likeness (QED) is 0.638. The zero-order chi connectivity index (χ0) is 11.7. The average Bonchev–Trinajstić information content (AvgIpc) is 2.27. The minimum atomic E-state index is -1.56. The molecule has 0 aliphatic rings. The Balaban J connectivity index is 2.81. The van der Waals surface area contributed by atoms with Gasteiger partial charge in [-0.15, -0.1) is 0 Å². The summed E-state index contributed by atoms with van der Waals surface area (Å²) in [6, 6.07) is 5.63. The van der Waals surface area contributed by atoms with Crippen LogP contribution >= 0.6 is 0 Å². The maximum Gasteiger partial charge on any atom is 0.0722 e. The summed E-state index contributed by atoms with van der Waals surface area (Å²) in [5.74, 6) is -3.11. The number of hydrogen-bond acceptors (Lipinski definition) is 5. The lowest BCUT2D eigenvalue weighted by Gasteiger charge is -2.12. The topological polar surface area (TPSA) is 93.2 Å². The maximum atomic E-state index is 10.7. The third-order valence-corrected chi connectivity index (χ3v) is 2.18. The van der Waals surface area contributed by atoms with Crippen LogP contribution in [0.2, 0.25) is 0 Å². The van der Waals surface area contributed by atoms with Crippen molar-refractivity contribution in [1.82, 2.24) is 4.98 Å². The van der Waals surface area contributed by atoms with E-state index in [1.165, 1.54) is 12.3 Å². The molecule has 0 atom stereocenters. The lowest BCUT2D eigenvalue weighted by Crippen LogP contribution is -2.30. The van der Waals surface area contributed by atoms with E-state index in [4.69, 9.17) is 0 Å². The molecule has 2 rings (SSSR count). The van der Waals surface area contributed by atoms with Crippen molar-refractivity contribution in [1.29, 1.82) is 0 Å². The molecule has 0 aliphatic carbocycles. The van der Waals surface area contributed by atoms with Gasteiger partial charge in [0.05, 0.1) is 17.5 Å². The average molecular weight is 215 g/mol. The van der Waals surface area contributed by atoms with Crippen LogP contribution in [0.5, 0.6) is 0 Å². The molecular formula is C11H5NO4-2. The first-order valence-corrected chi connectivity index (χ1v) is 4.41. The molecule has 0 bridgehead atoms. The van der Waals surface area contributed by atoms with Crippen LogP contribution < -0.4 is 10.2 Å². The highest BCUT2D eigenvalue weighted by atomic mass is 16.4. The molecule has 0 radical (unpaired) electrons. The third kappa shape index (κ3) is 1.58. The molecule has 0 N–H and O–H groups in total. The summed E-state index contributed by atoms with van der Waals surface area (Å²) in [6.45, 7) is 0. The summed E-state index contributed by atoms with van der Waals surface area (Å²) in [6.07, 6.45) is 1.49. The van der Waals surface area contributed by atoms with Gasteiger partial charge in [-0.3, -0.25) is 4.98 Å². The van der Waals surface area contributed by atoms with Crippen molar-refractivity contribution in [2.24, 2.45) is 0 Å². The highest BCUT2D eigenvalue weighted by molar-refractivity contribution is 6.04. The van der Waals surface area contributed by atoms with Gasteiger partial charge in [0.25, 0.3) is 0 Å². The molecule has 1 heterocycles. The summed E-state index contributed by atoms with van der Waals surface area (Å²) in [5, 5.41) is 22.0. The van der Waals surface area contributed by atoms with Crippen molar-refractivity contribution in [2.75, 3.05) is 0 Å². The van der Waals surface area contributed by atoms with Gasteiger partial charge in [-0.1, -0.05) is 6.07 Å². The van der Waals surface area contributed by atoms with Gasteiger partial charge in [-0.25, -0.2) is 0 Å². The number of aromatic nitrogens is 1. The molecule has 80 valence electrons. The Bertz CT molecular complexity index is 539. The second-order valence-electron chi connectivity index (χ2n) is 3.17. The monoisotopic (exact) mass is 215 g/mol. The van der Waals surface area contributed by atoms with E-state index < -0.39 is 23.1 Å². The third-order valence-electron chi connectivity index (χ3n) is 2.18. The summed E-state index contributed by atoms with van der Waals surface area (Å²) in [4.78, 5) is 25.4. The Morgan fingerprint density at radius 2 is 1.69 bits per heavy atom. The minimum absolute atomic E-state index is 0.395. The lowest BCUT2D eigenvalue weighted by molar-refractivity contribution is -0.259. The number of benzene rings is 1. The molecule has 0 aliphatic heterocycles. The van der Waals surface area contributed by atoms with Crippen LogP contribution in [0.3, 0.4) is 0 Å². The van der Waals surface area contributed by atoms with Crippen LogP contribution in [0.1, 0.15) is 20.7 Å². The molecule has 1 aromatic carbocycles. The standard InChI is InChI=1S/C11H7NO4/c13-10(14)7-4-6-2-1-3-12-9(6)5-8(7)11(15)16/h1-5H,(H,13,14)(H,15,16)/p-2. The Kier molecular flexibility index (Phi) is 2.28. The number of carboxylic acids is 2. The van der Waals surface area contributed by atoms with E-state index in [0.717, 1.165) is 6.07 Å². The second kappa shape index (κ2) is 3.62. The highest BCUT2D eigenvalue weighted by Crippen LogP contribution is 2.17. The van der Waals surface area contributed by atoms with Crippen LogP contribution in [0.25, 0.3) is 10.9 Å². The lowest BCUT2D eigenvalue weighted by atomic mass is 10.0. The highest BCUT2D eigenvalue weighted by Gasteiger charge is 2.07. The Labute approximate surface area is 90.0 Å². The van der Waals surface area contributed by atoms with E-state index in [1.807, 2.05) is 0 Å². The van der Waals surface area contributed by atoms with Crippen LogP contribution in [-0.2, 0) is 0 Å². The van der Waals surface area contributed by atoms with Crippen molar-refractivity contribution < 1.29 is 19.8 Å². The first-order valence-electron chi connectivity index (χ1n) is 4.41. The number of carbonyl (C=O) groups is 2. The van der Waals surface area contributed by atoms with Gasteiger partial charge >= 0.3 is 0 Å². The number of pyridine rings is 1. The van der Waals surface area contributed by atoms with Crippen molar-refractivity contribution in [3.63, 3.8) is 0 Å². The molecule has 0 saturated carbocycles. The van der Waals surface area contributed by atoms with E-state index in [0.29, 0.717) is 10.9 Å². The van der Waals surface area contributed by atoms with Crippen molar-refractivity contribution >= 4 is 22.8 Å². The summed E-state index contributed by atoms with van der Waals surface area (Å²) < 4.78 is 0. The molecule has 16 heavy (non-hydrogen) atoms. The minimum Gasteiger partial charge on any atom is -0.545 e. The number of hydrogen-bond donors (Lipinski definition) is 0.